The fourth-order valence-electron chi connectivity index (χ4n) is 3.16. The van der Waals surface area contributed by atoms with E-state index in [4.69, 9.17) is 4.74 Å². The molecule has 1 aromatic heterocycles. The molecule has 0 fully saturated rings. The van der Waals surface area contributed by atoms with Crippen LogP contribution in [0.5, 0.6) is 5.75 Å². The normalized spacial score (nSPS) is 11.3. The van der Waals surface area contributed by atoms with Crippen molar-refractivity contribution in [2.45, 2.75) is 26.6 Å². The zero-order valence-electron chi connectivity index (χ0n) is 17.1. The molecule has 0 aliphatic rings. The van der Waals surface area contributed by atoms with Gasteiger partial charge in [-0.3, -0.25) is 9.59 Å². The summed E-state index contributed by atoms with van der Waals surface area (Å²) in [5.41, 5.74) is 0.677. The Labute approximate surface area is 176 Å². The molecule has 0 radical (unpaired) electrons. The summed E-state index contributed by atoms with van der Waals surface area (Å²) >= 11 is 0. The highest BCUT2D eigenvalue weighted by molar-refractivity contribution is 6.43. The van der Waals surface area contributed by atoms with Gasteiger partial charge in [0.25, 0.3) is 11.7 Å². The minimum absolute atomic E-state index is 0.0599. The first kappa shape index (κ1) is 22.1. The number of ether oxygens (including phenoxy) is 1. The summed E-state index contributed by atoms with van der Waals surface area (Å²) in [6.45, 7) is 3.19. The molecule has 0 saturated carbocycles. The second-order valence-corrected chi connectivity index (χ2v) is 6.87. The van der Waals surface area contributed by atoms with Crippen LogP contribution in [-0.2, 0) is 17.5 Å². The number of hydrogen-bond acceptors (Lipinski definition) is 4. The van der Waals surface area contributed by atoms with Gasteiger partial charge in [0.2, 0.25) is 0 Å². The standard InChI is InChI=1S/C22H20F3N3O3/c1-13-19(20(29)21(30)26-12-15-7-9-18(31-3)10-8-15)14(2)28(27-13)17-6-4-5-16(11-17)22(23,24)25/h4-11H,12H2,1-3H3,(H,26,30). The molecule has 0 bridgehead atoms. The van der Waals surface area contributed by atoms with E-state index in [2.05, 4.69) is 10.4 Å². The summed E-state index contributed by atoms with van der Waals surface area (Å²) in [5, 5.41) is 6.73. The van der Waals surface area contributed by atoms with Crippen molar-refractivity contribution < 1.29 is 27.5 Å². The molecule has 0 spiro atoms. The average molecular weight is 431 g/mol. The molecule has 0 unspecified atom stereocenters. The van der Waals surface area contributed by atoms with Crippen LogP contribution < -0.4 is 10.1 Å². The highest BCUT2D eigenvalue weighted by Crippen LogP contribution is 2.31. The number of amides is 1. The third-order valence-corrected chi connectivity index (χ3v) is 4.75. The van der Waals surface area contributed by atoms with Crippen LogP contribution >= 0.6 is 0 Å². The van der Waals surface area contributed by atoms with Crippen molar-refractivity contribution in [3.05, 3.63) is 76.6 Å². The van der Waals surface area contributed by atoms with E-state index in [1.54, 1.807) is 31.4 Å². The number of carbonyl (C=O) groups excluding carboxylic acids is 2. The SMILES string of the molecule is COc1ccc(CNC(=O)C(=O)c2c(C)nn(-c3cccc(C(F)(F)F)c3)c2C)cc1. The molecule has 31 heavy (non-hydrogen) atoms. The van der Waals surface area contributed by atoms with Crippen molar-refractivity contribution >= 4 is 11.7 Å². The van der Waals surface area contributed by atoms with Crippen LogP contribution in [0.2, 0.25) is 0 Å². The summed E-state index contributed by atoms with van der Waals surface area (Å²) in [6, 6.07) is 11.6. The fourth-order valence-corrected chi connectivity index (χ4v) is 3.16. The first-order valence-corrected chi connectivity index (χ1v) is 9.31. The molecule has 1 heterocycles. The van der Waals surface area contributed by atoms with Crippen molar-refractivity contribution in [1.29, 1.82) is 0 Å². The Morgan fingerprint density at radius 1 is 1.10 bits per heavy atom. The van der Waals surface area contributed by atoms with Crippen molar-refractivity contribution in [3.63, 3.8) is 0 Å². The molecule has 3 aromatic rings. The predicted molar refractivity (Wildman–Crippen MR) is 107 cm³/mol. The maximum Gasteiger partial charge on any atom is 0.416 e. The lowest BCUT2D eigenvalue weighted by Gasteiger charge is -2.10. The van der Waals surface area contributed by atoms with E-state index in [0.717, 1.165) is 17.7 Å². The molecule has 1 amide bonds. The Balaban J connectivity index is 1.80. The quantitative estimate of drug-likeness (QED) is 0.473. The van der Waals surface area contributed by atoms with Gasteiger partial charge >= 0.3 is 6.18 Å². The average Bonchev–Trinajstić information content (AvgIpc) is 3.05. The maximum atomic E-state index is 13.0. The molecule has 0 aliphatic heterocycles. The van der Waals surface area contributed by atoms with Gasteiger partial charge in [-0.05, 0) is 49.7 Å². The van der Waals surface area contributed by atoms with Gasteiger partial charge in [0.1, 0.15) is 5.75 Å². The minimum Gasteiger partial charge on any atom is -0.497 e. The lowest BCUT2D eigenvalue weighted by Crippen LogP contribution is -2.31. The Kier molecular flexibility index (Phi) is 6.14. The van der Waals surface area contributed by atoms with Crippen LogP contribution in [0.3, 0.4) is 0 Å². The molecule has 0 atom stereocenters. The van der Waals surface area contributed by atoms with Gasteiger partial charge in [-0.25, -0.2) is 4.68 Å². The minimum atomic E-state index is -4.51. The van der Waals surface area contributed by atoms with Crippen molar-refractivity contribution in [2.24, 2.45) is 0 Å². The number of carbonyl (C=O) groups is 2. The monoisotopic (exact) mass is 431 g/mol. The number of nitrogens with zero attached hydrogens (tertiary/aromatic N) is 2. The number of aryl methyl sites for hydroxylation is 1. The van der Waals surface area contributed by atoms with Gasteiger partial charge < -0.3 is 10.1 Å². The zero-order valence-corrected chi connectivity index (χ0v) is 17.1. The number of nitrogens with one attached hydrogen (secondary N) is 1. The Morgan fingerprint density at radius 3 is 2.39 bits per heavy atom. The molecule has 0 aliphatic carbocycles. The summed E-state index contributed by atoms with van der Waals surface area (Å²) in [5.74, 6) is -0.966. The first-order valence-electron chi connectivity index (χ1n) is 9.31. The molecular formula is C22H20F3N3O3. The molecular weight excluding hydrogens is 411 g/mol. The van der Waals surface area contributed by atoms with Gasteiger partial charge in [0.05, 0.1) is 35.3 Å². The molecule has 6 nitrogen and oxygen atoms in total. The summed E-state index contributed by atoms with van der Waals surface area (Å²) in [4.78, 5) is 25.1. The lowest BCUT2D eigenvalue weighted by molar-refractivity contribution is -0.137. The second-order valence-electron chi connectivity index (χ2n) is 6.87. The summed E-state index contributed by atoms with van der Waals surface area (Å²) < 4.78 is 45.4. The van der Waals surface area contributed by atoms with Crippen molar-refractivity contribution in [3.8, 4) is 11.4 Å². The van der Waals surface area contributed by atoms with Gasteiger partial charge in [0.15, 0.2) is 0 Å². The van der Waals surface area contributed by atoms with Gasteiger partial charge in [-0.1, -0.05) is 18.2 Å². The molecule has 0 saturated heterocycles. The number of hydrogen-bond donors (Lipinski definition) is 1. The van der Waals surface area contributed by atoms with Crippen LogP contribution in [0.1, 0.15) is 32.9 Å². The van der Waals surface area contributed by atoms with E-state index in [1.165, 1.54) is 30.7 Å². The van der Waals surface area contributed by atoms with Gasteiger partial charge in [0, 0.05) is 6.54 Å². The third kappa shape index (κ3) is 4.76. The second kappa shape index (κ2) is 8.63. The van der Waals surface area contributed by atoms with Crippen molar-refractivity contribution in [2.75, 3.05) is 7.11 Å². The van der Waals surface area contributed by atoms with E-state index >= 15 is 0 Å². The number of halogens is 3. The number of aromatic nitrogens is 2. The van der Waals surface area contributed by atoms with Gasteiger partial charge in [-0.15, -0.1) is 0 Å². The van der Waals surface area contributed by atoms with Crippen LogP contribution in [0.15, 0.2) is 48.5 Å². The topological polar surface area (TPSA) is 73.2 Å². The predicted octanol–water partition coefficient (Wildman–Crippen LogP) is 4.02. The smallest absolute Gasteiger partial charge is 0.416 e. The highest BCUT2D eigenvalue weighted by atomic mass is 19.4. The van der Waals surface area contributed by atoms with Gasteiger partial charge in [-0.2, -0.15) is 18.3 Å². The lowest BCUT2D eigenvalue weighted by atomic mass is 10.1. The number of methoxy groups -OCH3 is 1. The third-order valence-electron chi connectivity index (χ3n) is 4.75. The Bertz CT molecular complexity index is 1120. The molecule has 3 rings (SSSR count). The first-order chi connectivity index (χ1) is 14.6. The Hall–Kier alpha value is -3.62. The highest BCUT2D eigenvalue weighted by Gasteiger charge is 2.31. The molecule has 2 aromatic carbocycles. The Morgan fingerprint density at radius 2 is 1.77 bits per heavy atom. The van der Waals surface area contributed by atoms with E-state index < -0.39 is 23.4 Å². The number of ketones is 1. The maximum absolute atomic E-state index is 13.0. The van der Waals surface area contributed by atoms with Crippen LogP contribution in [0.25, 0.3) is 5.69 Å². The van der Waals surface area contributed by atoms with E-state index in [0.29, 0.717) is 5.75 Å². The molecule has 9 heteroatoms. The number of Topliss-reactive ketones (excluding diaryl/α,β-unsaturated/α-hetero) is 1. The number of alkyl halides is 3. The number of rotatable bonds is 6. The van der Waals surface area contributed by atoms with E-state index in [1.807, 2.05) is 0 Å². The molecule has 1 N–H and O–H groups in total. The summed E-state index contributed by atoms with van der Waals surface area (Å²) in [7, 11) is 1.54. The number of benzene rings is 2. The van der Waals surface area contributed by atoms with Crippen molar-refractivity contribution in [1.82, 2.24) is 15.1 Å². The molecule has 162 valence electrons. The zero-order chi connectivity index (χ0) is 22.8. The largest absolute Gasteiger partial charge is 0.497 e. The van der Waals surface area contributed by atoms with E-state index in [9.17, 15) is 22.8 Å². The fraction of sp³-hybridized carbons (Fsp3) is 0.227. The summed E-state index contributed by atoms with van der Waals surface area (Å²) in [6.07, 6.45) is -4.51. The van der Waals surface area contributed by atoms with Crippen LogP contribution in [0, 0.1) is 13.8 Å². The van der Waals surface area contributed by atoms with E-state index in [-0.39, 0.29) is 29.2 Å². The van der Waals surface area contributed by atoms with Crippen LogP contribution in [-0.4, -0.2) is 28.6 Å². The van der Waals surface area contributed by atoms with Crippen LogP contribution in [0.4, 0.5) is 13.2 Å².